The summed E-state index contributed by atoms with van der Waals surface area (Å²) in [5, 5.41) is 29.2. The predicted octanol–water partition coefficient (Wildman–Crippen LogP) is 4.41. The van der Waals surface area contributed by atoms with E-state index >= 15 is 0 Å². The number of phenolic OH excluding ortho intramolecular Hbond substituents is 1. The van der Waals surface area contributed by atoms with E-state index in [0.717, 1.165) is 0 Å². The Kier molecular flexibility index (Phi) is 6.27. The molecule has 0 bridgehead atoms. The molecule has 1 rings (SSSR count). The number of hydrogen-bond acceptors (Lipinski definition) is 3. The quantitative estimate of drug-likeness (QED) is 0.706. The first-order chi connectivity index (χ1) is 11.2. The summed E-state index contributed by atoms with van der Waals surface area (Å²) in [4.78, 5) is 22.5. The maximum atomic E-state index is 11.8. The van der Waals surface area contributed by atoms with E-state index in [4.69, 9.17) is 5.11 Å². The van der Waals surface area contributed by atoms with Gasteiger partial charge in [-0.3, -0.25) is 9.59 Å². The minimum atomic E-state index is -0.976. The lowest BCUT2D eigenvalue weighted by molar-refractivity contribution is -0.140. The van der Waals surface area contributed by atoms with Crippen LogP contribution in [0.25, 0.3) is 0 Å². The van der Waals surface area contributed by atoms with Crippen molar-refractivity contribution in [3.05, 3.63) is 28.8 Å². The Bertz CT molecular complexity index is 612. The lowest BCUT2D eigenvalue weighted by Crippen LogP contribution is -2.20. The summed E-state index contributed by atoms with van der Waals surface area (Å²) in [6.45, 7) is 11.8. The molecule has 0 aromatic heterocycles. The molecule has 0 saturated heterocycles. The maximum absolute atomic E-state index is 11.8. The van der Waals surface area contributed by atoms with Crippen molar-refractivity contribution in [2.45, 2.75) is 77.6 Å². The number of hydrogen-bond donors (Lipinski definition) is 3. The summed E-state index contributed by atoms with van der Waals surface area (Å²) < 4.78 is 0. The van der Waals surface area contributed by atoms with Crippen molar-refractivity contribution in [2.75, 3.05) is 0 Å². The second-order valence-electron chi connectivity index (χ2n) is 8.64. The molecular weight excluding hydrogens is 320 g/mol. The third kappa shape index (κ3) is 5.48. The number of phenols is 1. The molecular formula is C20H30O5. The van der Waals surface area contributed by atoms with Crippen LogP contribution >= 0.6 is 0 Å². The summed E-state index contributed by atoms with van der Waals surface area (Å²) >= 11 is 0. The Morgan fingerprint density at radius 3 is 1.72 bits per heavy atom. The Morgan fingerprint density at radius 2 is 1.40 bits per heavy atom. The highest BCUT2D eigenvalue weighted by molar-refractivity contribution is 5.77. The van der Waals surface area contributed by atoms with Gasteiger partial charge in [0.05, 0.1) is 5.92 Å². The SMILES string of the molecule is CC(C)(C)c1cc(C(CCCC(=O)O)C(=O)O)cc(C(C)(C)C)c1O. The van der Waals surface area contributed by atoms with Gasteiger partial charge in [-0.2, -0.15) is 0 Å². The fourth-order valence-electron chi connectivity index (χ4n) is 2.89. The van der Waals surface area contributed by atoms with Crippen LogP contribution < -0.4 is 0 Å². The van der Waals surface area contributed by atoms with Gasteiger partial charge < -0.3 is 15.3 Å². The molecule has 0 spiro atoms. The van der Waals surface area contributed by atoms with Gasteiger partial charge in [-0.05, 0) is 40.4 Å². The van der Waals surface area contributed by atoms with Crippen molar-refractivity contribution in [1.29, 1.82) is 0 Å². The van der Waals surface area contributed by atoms with Crippen molar-refractivity contribution in [2.24, 2.45) is 0 Å². The minimum Gasteiger partial charge on any atom is -0.507 e. The molecule has 5 nitrogen and oxygen atoms in total. The minimum absolute atomic E-state index is 0.0554. The van der Waals surface area contributed by atoms with Gasteiger partial charge in [0.25, 0.3) is 0 Å². The Balaban J connectivity index is 3.45. The smallest absolute Gasteiger partial charge is 0.310 e. The van der Waals surface area contributed by atoms with Crippen molar-refractivity contribution in [1.82, 2.24) is 0 Å². The molecule has 0 saturated carbocycles. The first kappa shape index (κ1) is 21.0. The second-order valence-corrected chi connectivity index (χ2v) is 8.64. The number of rotatable bonds is 6. The standard InChI is InChI=1S/C20H30O5/c1-19(2,3)14-10-12(11-15(17(14)23)20(4,5)6)13(18(24)25)8-7-9-16(21)22/h10-11,13,23H,7-9H2,1-6H3,(H,21,22)(H,24,25). The number of benzene rings is 1. The molecule has 0 aliphatic heterocycles. The predicted molar refractivity (Wildman–Crippen MR) is 97.4 cm³/mol. The Morgan fingerprint density at radius 1 is 0.960 bits per heavy atom. The van der Waals surface area contributed by atoms with Crippen LogP contribution in [-0.4, -0.2) is 27.3 Å². The first-order valence-corrected chi connectivity index (χ1v) is 8.57. The highest BCUT2D eigenvalue weighted by atomic mass is 16.4. The van der Waals surface area contributed by atoms with E-state index in [0.29, 0.717) is 23.1 Å². The van der Waals surface area contributed by atoms with Crippen LogP contribution in [0.3, 0.4) is 0 Å². The zero-order valence-electron chi connectivity index (χ0n) is 16.0. The summed E-state index contributed by atoms with van der Waals surface area (Å²) in [5.41, 5.74) is 1.35. The zero-order valence-corrected chi connectivity index (χ0v) is 16.0. The van der Waals surface area contributed by atoms with Crippen molar-refractivity contribution in [3.63, 3.8) is 0 Å². The third-order valence-electron chi connectivity index (χ3n) is 4.33. The zero-order chi connectivity index (χ0) is 19.6. The summed E-state index contributed by atoms with van der Waals surface area (Å²) in [7, 11) is 0. The molecule has 0 heterocycles. The molecule has 0 aliphatic rings. The van der Waals surface area contributed by atoms with Crippen LogP contribution in [0.1, 0.15) is 83.4 Å². The summed E-state index contributed by atoms with van der Waals surface area (Å²) in [6, 6.07) is 3.51. The molecule has 1 aromatic carbocycles. The van der Waals surface area contributed by atoms with E-state index in [9.17, 15) is 19.8 Å². The van der Waals surface area contributed by atoms with Gasteiger partial charge in [0, 0.05) is 6.42 Å². The molecule has 140 valence electrons. The van der Waals surface area contributed by atoms with Gasteiger partial charge in [0.1, 0.15) is 5.75 Å². The van der Waals surface area contributed by atoms with Gasteiger partial charge in [0.2, 0.25) is 0 Å². The highest BCUT2D eigenvalue weighted by Gasteiger charge is 2.30. The van der Waals surface area contributed by atoms with Gasteiger partial charge in [-0.1, -0.05) is 53.7 Å². The van der Waals surface area contributed by atoms with E-state index < -0.39 is 17.9 Å². The fourth-order valence-corrected chi connectivity index (χ4v) is 2.89. The number of carboxylic acid groups (broad SMARTS) is 2. The molecule has 3 N–H and O–H groups in total. The molecule has 5 heteroatoms. The van der Waals surface area contributed by atoms with Crippen LogP contribution in [0.4, 0.5) is 0 Å². The lowest BCUT2D eigenvalue weighted by Gasteiger charge is -2.29. The molecule has 0 radical (unpaired) electrons. The van der Waals surface area contributed by atoms with E-state index in [1.807, 2.05) is 41.5 Å². The Labute approximate surface area is 149 Å². The van der Waals surface area contributed by atoms with Crippen LogP contribution in [0.15, 0.2) is 12.1 Å². The van der Waals surface area contributed by atoms with Crippen molar-refractivity contribution in [3.8, 4) is 5.75 Å². The van der Waals surface area contributed by atoms with Gasteiger partial charge >= 0.3 is 11.9 Å². The summed E-state index contributed by atoms with van der Waals surface area (Å²) in [6.07, 6.45) is 0.489. The molecule has 0 amide bonds. The van der Waals surface area contributed by atoms with Crippen LogP contribution in [0.5, 0.6) is 5.75 Å². The monoisotopic (exact) mass is 350 g/mol. The average molecular weight is 350 g/mol. The van der Waals surface area contributed by atoms with E-state index in [1.54, 1.807) is 12.1 Å². The maximum Gasteiger partial charge on any atom is 0.310 e. The van der Waals surface area contributed by atoms with E-state index in [-0.39, 0.29) is 29.4 Å². The topological polar surface area (TPSA) is 94.8 Å². The molecule has 1 aromatic rings. The van der Waals surface area contributed by atoms with E-state index in [2.05, 4.69) is 0 Å². The van der Waals surface area contributed by atoms with E-state index in [1.165, 1.54) is 0 Å². The molecule has 0 aliphatic carbocycles. The molecule has 0 fully saturated rings. The van der Waals surface area contributed by atoms with Crippen LogP contribution in [-0.2, 0) is 20.4 Å². The fraction of sp³-hybridized carbons (Fsp3) is 0.600. The van der Waals surface area contributed by atoms with Crippen LogP contribution in [0, 0.1) is 0 Å². The van der Waals surface area contributed by atoms with Crippen LogP contribution in [0.2, 0.25) is 0 Å². The van der Waals surface area contributed by atoms with Gasteiger partial charge in [0.15, 0.2) is 0 Å². The average Bonchev–Trinajstić information content (AvgIpc) is 2.41. The molecule has 25 heavy (non-hydrogen) atoms. The summed E-state index contributed by atoms with van der Waals surface area (Å²) in [5.74, 6) is -2.49. The normalized spacial score (nSPS) is 13.5. The molecule has 1 unspecified atom stereocenters. The number of carboxylic acids is 2. The number of carbonyl (C=O) groups is 2. The highest BCUT2D eigenvalue weighted by Crippen LogP contribution is 2.41. The Hall–Kier alpha value is -2.04. The lowest BCUT2D eigenvalue weighted by atomic mass is 9.76. The number of aliphatic carboxylic acids is 2. The third-order valence-corrected chi connectivity index (χ3v) is 4.33. The number of aromatic hydroxyl groups is 1. The van der Waals surface area contributed by atoms with Gasteiger partial charge in [-0.15, -0.1) is 0 Å². The van der Waals surface area contributed by atoms with Crippen molar-refractivity contribution < 1.29 is 24.9 Å². The largest absolute Gasteiger partial charge is 0.507 e. The second kappa shape index (κ2) is 7.46. The first-order valence-electron chi connectivity index (χ1n) is 8.57. The molecule has 1 atom stereocenters. The van der Waals surface area contributed by atoms with Crippen molar-refractivity contribution >= 4 is 11.9 Å². The van der Waals surface area contributed by atoms with Gasteiger partial charge in [-0.25, -0.2) is 0 Å².